The SMILES string of the molecule is CCOc1ccc(S(=O)(=O)NCCn2nc(-n3cncn3)ccc2=O)c(OCC)c1. The van der Waals surface area contributed by atoms with Crippen molar-refractivity contribution in [2.24, 2.45) is 0 Å². The maximum atomic E-state index is 12.8. The molecule has 0 radical (unpaired) electrons. The predicted molar refractivity (Wildman–Crippen MR) is 107 cm³/mol. The predicted octanol–water partition coefficient (Wildman–Crippen LogP) is 0.600. The molecule has 3 aromatic rings. The van der Waals surface area contributed by atoms with Gasteiger partial charge in [-0.15, -0.1) is 5.10 Å². The first-order chi connectivity index (χ1) is 14.4. The molecule has 1 aromatic carbocycles. The highest BCUT2D eigenvalue weighted by molar-refractivity contribution is 7.89. The zero-order chi connectivity index (χ0) is 21.6. The van der Waals surface area contributed by atoms with Gasteiger partial charge in [0, 0.05) is 18.7 Å². The minimum Gasteiger partial charge on any atom is -0.494 e. The van der Waals surface area contributed by atoms with E-state index in [9.17, 15) is 13.2 Å². The zero-order valence-corrected chi connectivity index (χ0v) is 17.4. The number of nitrogens with zero attached hydrogens (tertiary/aromatic N) is 5. The highest BCUT2D eigenvalue weighted by Crippen LogP contribution is 2.28. The van der Waals surface area contributed by atoms with Gasteiger partial charge < -0.3 is 9.47 Å². The first-order valence-corrected chi connectivity index (χ1v) is 10.8. The van der Waals surface area contributed by atoms with E-state index in [1.807, 2.05) is 6.92 Å². The molecular weight excluding hydrogens is 412 g/mol. The van der Waals surface area contributed by atoms with E-state index in [0.29, 0.717) is 24.8 Å². The van der Waals surface area contributed by atoms with Crippen LogP contribution in [-0.4, -0.2) is 52.7 Å². The molecule has 0 aliphatic carbocycles. The topological polar surface area (TPSA) is 130 Å². The normalized spacial score (nSPS) is 11.4. The lowest BCUT2D eigenvalue weighted by molar-refractivity contribution is 0.317. The molecule has 2 heterocycles. The van der Waals surface area contributed by atoms with Crippen molar-refractivity contribution in [3.8, 4) is 17.3 Å². The van der Waals surface area contributed by atoms with Crippen LogP contribution in [0.1, 0.15) is 13.8 Å². The summed E-state index contributed by atoms with van der Waals surface area (Å²) >= 11 is 0. The molecule has 0 aliphatic rings. The molecule has 0 saturated heterocycles. The first-order valence-electron chi connectivity index (χ1n) is 9.27. The fourth-order valence-electron chi connectivity index (χ4n) is 2.65. The lowest BCUT2D eigenvalue weighted by atomic mass is 10.3. The molecule has 160 valence electrons. The van der Waals surface area contributed by atoms with E-state index in [0.717, 1.165) is 4.68 Å². The molecule has 0 amide bonds. The van der Waals surface area contributed by atoms with Crippen molar-refractivity contribution >= 4 is 10.0 Å². The van der Waals surface area contributed by atoms with Crippen LogP contribution < -0.4 is 19.8 Å². The van der Waals surface area contributed by atoms with Crippen LogP contribution in [-0.2, 0) is 16.6 Å². The summed E-state index contributed by atoms with van der Waals surface area (Å²) < 4.78 is 41.4. The van der Waals surface area contributed by atoms with Gasteiger partial charge in [-0.1, -0.05) is 0 Å². The Kier molecular flexibility index (Phi) is 6.79. The summed E-state index contributed by atoms with van der Waals surface area (Å²) in [5.41, 5.74) is -0.367. The summed E-state index contributed by atoms with van der Waals surface area (Å²) in [6, 6.07) is 7.36. The second-order valence-corrected chi connectivity index (χ2v) is 7.70. The largest absolute Gasteiger partial charge is 0.494 e. The summed E-state index contributed by atoms with van der Waals surface area (Å²) in [6.45, 7) is 4.33. The van der Waals surface area contributed by atoms with Gasteiger partial charge in [-0.3, -0.25) is 4.79 Å². The minimum atomic E-state index is -3.88. The Morgan fingerprint density at radius 3 is 2.60 bits per heavy atom. The lowest BCUT2D eigenvalue weighted by Crippen LogP contribution is -2.32. The highest BCUT2D eigenvalue weighted by atomic mass is 32.2. The molecule has 11 nitrogen and oxygen atoms in total. The Morgan fingerprint density at radius 1 is 1.10 bits per heavy atom. The Labute approximate surface area is 173 Å². The Hall–Kier alpha value is -3.25. The third-order valence-corrected chi connectivity index (χ3v) is 5.44. The smallest absolute Gasteiger partial charge is 0.266 e. The van der Waals surface area contributed by atoms with Crippen molar-refractivity contribution in [2.75, 3.05) is 19.8 Å². The number of sulfonamides is 1. The van der Waals surface area contributed by atoms with E-state index in [2.05, 4.69) is 19.9 Å². The highest BCUT2D eigenvalue weighted by Gasteiger charge is 2.20. The average Bonchev–Trinajstić information content (AvgIpc) is 3.25. The summed E-state index contributed by atoms with van der Waals surface area (Å²) in [5, 5.41) is 8.13. The number of ether oxygens (including phenoxy) is 2. The van der Waals surface area contributed by atoms with E-state index >= 15 is 0 Å². The van der Waals surface area contributed by atoms with Crippen LogP contribution in [0.4, 0.5) is 0 Å². The molecule has 0 saturated carbocycles. The van der Waals surface area contributed by atoms with Gasteiger partial charge in [-0.25, -0.2) is 27.5 Å². The van der Waals surface area contributed by atoms with Crippen molar-refractivity contribution in [2.45, 2.75) is 25.3 Å². The monoisotopic (exact) mass is 434 g/mol. The molecule has 2 aromatic heterocycles. The van der Waals surface area contributed by atoms with Gasteiger partial charge in [-0.05, 0) is 32.0 Å². The molecular formula is C18H22N6O5S. The van der Waals surface area contributed by atoms with E-state index in [-0.39, 0.29) is 29.3 Å². The standard InChI is InChI=1S/C18H22N6O5S/c1-3-28-14-5-6-16(15(11-14)29-4-2)30(26,27)21-9-10-23-18(25)8-7-17(22-23)24-13-19-12-20-24/h5-8,11-13,21H,3-4,9-10H2,1-2H3. The Morgan fingerprint density at radius 2 is 1.90 bits per heavy atom. The zero-order valence-electron chi connectivity index (χ0n) is 16.6. The molecule has 0 unspecified atom stereocenters. The van der Waals surface area contributed by atoms with Crippen LogP contribution in [0.15, 0.2) is 52.7 Å². The Bertz CT molecular complexity index is 1140. The van der Waals surface area contributed by atoms with E-state index in [4.69, 9.17) is 9.47 Å². The number of hydrogen-bond donors (Lipinski definition) is 1. The fraction of sp³-hybridized carbons (Fsp3) is 0.333. The van der Waals surface area contributed by atoms with Crippen LogP contribution >= 0.6 is 0 Å². The van der Waals surface area contributed by atoms with Gasteiger partial charge in [0.25, 0.3) is 5.56 Å². The van der Waals surface area contributed by atoms with Gasteiger partial charge in [-0.2, -0.15) is 5.10 Å². The van der Waals surface area contributed by atoms with Crippen LogP contribution in [0.2, 0.25) is 0 Å². The van der Waals surface area contributed by atoms with Crippen molar-refractivity contribution in [3.05, 3.63) is 53.3 Å². The number of hydrogen-bond acceptors (Lipinski definition) is 8. The molecule has 30 heavy (non-hydrogen) atoms. The minimum absolute atomic E-state index is 0.00975. The molecule has 3 rings (SSSR count). The first kappa shape index (κ1) is 21.5. The van der Waals surface area contributed by atoms with Crippen molar-refractivity contribution in [1.82, 2.24) is 29.3 Å². The average molecular weight is 434 g/mol. The molecule has 0 spiro atoms. The molecule has 0 bridgehead atoms. The number of benzene rings is 1. The van der Waals surface area contributed by atoms with Gasteiger partial charge in [0.2, 0.25) is 10.0 Å². The van der Waals surface area contributed by atoms with Gasteiger partial charge >= 0.3 is 0 Å². The van der Waals surface area contributed by atoms with Crippen LogP contribution in [0.3, 0.4) is 0 Å². The van der Waals surface area contributed by atoms with Crippen molar-refractivity contribution in [3.63, 3.8) is 0 Å². The van der Waals surface area contributed by atoms with Gasteiger partial charge in [0.05, 0.1) is 19.8 Å². The summed E-state index contributed by atoms with van der Waals surface area (Å²) in [7, 11) is -3.88. The molecule has 12 heteroatoms. The molecule has 1 N–H and O–H groups in total. The number of nitrogens with one attached hydrogen (secondary N) is 1. The van der Waals surface area contributed by atoms with Crippen molar-refractivity contribution < 1.29 is 17.9 Å². The molecule has 0 aliphatic heterocycles. The van der Waals surface area contributed by atoms with Crippen LogP contribution in [0.5, 0.6) is 11.5 Å². The second-order valence-electron chi connectivity index (χ2n) is 5.97. The maximum absolute atomic E-state index is 12.8. The van der Waals surface area contributed by atoms with Gasteiger partial charge in [0.15, 0.2) is 5.82 Å². The molecule has 0 atom stereocenters. The maximum Gasteiger partial charge on any atom is 0.266 e. The third kappa shape index (κ3) is 5.02. The van der Waals surface area contributed by atoms with Crippen LogP contribution in [0.25, 0.3) is 5.82 Å². The van der Waals surface area contributed by atoms with Crippen molar-refractivity contribution in [1.29, 1.82) is 0 Å². The van der Waals surface area contributed by atoms with E-state index in [1.54, 1.807) is 13.0 Å². The summed E-state index contributed by atoms with van der Waals surface area (Å²) in [5.74, 6) is 1.10. The van der Waals surface area contributed by atoms with E-state index < -0.39 is 10.0 Å². The third-order valence-electron chi connectivity index (χ3n) is 3.94. The Balaban J connectivity index is 1.74. The number of aromatic nitrogens is 5. The van der Waals surface area contributed by atoms with Crippen LogP contribution in [0, 0.1) is 0 Å². The van der Waals surface area contributed by atoms with E-state index in [1.165, 1.54) is 41.6 Å². The summed E-state index contributed by atoms with van der Waals surface area (Å²) in [6.07, 6.45) is 2.79. The quantitative estimate of drug-likeness (QED) is 0.491. The van der Waals surface area contributed by atoms with Gasteiger partial charge in [0.1, 0.15) is 29.0 Å². The number of rotatable bonds is 10. The second kappa shape index (κ2) is 9.50. The lowest BCUT2D eigenvalue weighted by Gasteiger charge is -2.14. The fourth-order valence-corrected chi connectivity index (χ4v) is 3.79. The molecule has 0 fully saturated rings. The summed E-state index contributed by atoms with van der Waals surface area (Å²) in [4.78, 5) is 15.9.